The van der Waals surface area contributed by atoms with E-state index in [9.17, 15) is 8.42 Å². The summed E-state index contributed by atoms with van der Waals surface area (Å²) >= 11 is 1.67. The lowest BCUT2D eigenvalue weighted by molar-refractivity contribution is 0.302. The lowest BCUT2D eigenvalue weighted by Crippen LogP contribution is -2.16. The number of aliphatic imine (C=N–C) groups is 1. The molecule has 0 aliphatic rings. The topological polar surface area (TPSA) is 100 Å². The largest absolute Gasteiger partial charge is 0.495 e. The van der Waals surface area contributed by atoms with Gasteiger partial charge in [0.25, 0.3) is 0 Å². The van der Waals surface area contributed by atoms with Crippen molar-refractivity contribution in [3.63, 3.8) is 0 Å². The lowest BCUT2D eigenvalue weighted by atomic mass is 10.1. The predicted molar refractivity (Wildman–Crippen MR) is 122 cm³/mol. The molecule has 0 heterocycles. The van der Waals surface area contributed by atoms with Crippen molar-refractivity contribution in [1.29, 1.82) is 0 Å². The van der Waals surface area contributed by atoms with E-state index in [-0.39, 0.29) is 16.7 Å². The molecule has 0 amide bonds. The normalized spacial score (nSPS) is 12.7. The monoisotopic (exact) mass is 452 g/mol. The molecule has 7 nitrogen and oxygen atoms in total. The van der Waals surface area contributed by atoms with E-state index in [1.54, 1.807) is 30.1 Å². The fourth-order valence-electron chi connectivity index (χ4n) is 2.85. The maximum Gasteiger partial charge on any atom is 0.241 e. The molecule has 2 aromatic rings. The number of methoxy groups -OCH3 is 1. The summed E-state index contributed by atoms with van der Waals surface area (Å²) < 4.78 is 40.1. The molecule has 30 heavy (non-hydrogen) atoms. The molecule has 0 aliphatic heterocycles. The number of benzene rings is 2. The minimum atomic E-state index is -3.88. The van der Waals surface area contributed by atoms with E-state index < -0.39 is 10.0 Å². The molecule has 0 fully saturated rings. The van der Waals surface area contributed by atoms with Crippen LogP contribution in [0.1, 0.15) is 12.5 Å². The molecule has 9 heteroatoms. The maximum absolute atomic E-state index is 11.8. The summed E-state index contributed by atoms with van der Waals surface area (Å²) in [5.74, 6) is 2.37. The van der Waals surface area contributed by atoms with E-state index in [0.29, 0.717) is 31.1 Å². The molecule has 0 radical (unpaired) electrons. The highest BCUT2D eigenvalue weighted by atomic mass is 32.2. The van der Waals surface area contributed by atoms with Crippen LogP contribution in [0.5, 0.6) is 17.2 Å². The minimum absolute atomic E-state index is 0.0229. The van der Waals surface area contributed by atoms with Gasteiger partial charge in [-0.25, -0.2) is 13.6 Å². The van der Waals surface area contributed by atoms with Gasteiger partial charge in [-0.05, 0) is 49.4 Å². The number of thioether (sulfide) groups is 1. The third-order valence-corrected chi connectivity index (χ3v) is 5.79. The Hall–Kier alpha value is -2.23. The van der Waals surface area contributed by atoms with Crippen LogP contribution in [0.15, 0.2) is 52.4 Å². The number of rotatable bonds is 12. The fourth-order valence-corrected chi connectivity index (χ4v) is 4.19. The Morgan fingerprint density at radius 3 is 2.43 bits per heavy atom. The average molecular weight is 453 g/mol. The zero-order valence-corrected chi connectivity index (χ0v) is 19.0. The molecule has 2 aromatic carbocycles. The van der Waals surface area contributed by atoms with Crippen molar-refractivity contribution in [3.8, 4) is 17.2 Å². The van der Waals surface area contributed by atoms with Crippen LogP contribution in [-0.4, -0.2) is 53.0 Å². The van der Waals surface area contributed by atoms with Crippen LogP contribution in [-0.2, 0) is 16.4 Å². The van der Waals surface area contributed by atoms with E-state index in [2.05, 4.69) is 4.99 Å². The number of nitrogens with two attached hydrogens (primary N) is 1. The molecule has 0 saturated heterocycles. The van der Waals surface area contributed by atoms with Crippen molar-refractivity contribution in [1.82, 2.24) is 0 Å². The van der Waals surface area contributed by atoms with Gasteiger partial charge in [-0.1, -0.05) is 18.2 Å². The van der Waals surface area contributed by atoms with Crippen LogP contribution in [0.3, 0.4) is 0 Å². The number of hydrogen-bond donors (Lipinski definition) is 1. The highest BCUT2D eigenvalue weighted by Crippen LogP contribution is 2.26. The van der Waals surface area contributed by atoms with Gasteiger partial charge in [0.1, 0.15) is 17.3 Å². The van der Waals surface area contributed by atoms with Crippen LogP contribution >= 0.6 is 11.8 Å². The van der Waals surface area contributed by atoms with E-state index in [4.69, 9.17) is 19.3 Å². The summed E-state index contributed by atoms with van der Waals surface area (Å²) in [6.07, 6.45) is 4.30. The Labute approximate surface area is 182 Å². The first-order valence-electron chi connectivity index (χ1n) is 9.44. The highest BCUT2D eigenvalue weighted by Gasteiger charge is 2.17. The van der Waals surface area contributed by atoms with Gasteiger partial charge in [0.15, 0.2) is 11.5 Å². The van der Waals surface area contributed by atoms with Crippen molar-refractivity contribution < 1.29 is 22.6 Å². The Kier molecular flexibility index (Phi) is 9.48. The van der Waals surface area contributed by atoms with Crippen LogP contribution in [0.4, 0.5) is 0 Å². The van der Waals surface area contributed by atoms with Crippen molar-refractivity contribution in [2.75, 3.05) is 32.3 Å². The molecule has 0 saturated carbocycles. The number of para-hydroxylation sites is 2. The molecule has 0 spiro atoms. The molecule has 164 valence electrons. The second-order valence-electron chi connectivity index (χ2n) is 6.37. The van der Waals surface area contributed by atoms with Crippen molar-refractivity contribution >= 4 is 28.0 Å². The van der Waals surface area contributed by atoms with E-state index >= 15 is 0 Å². The number of sulfonamides is 1. The molecule has 0 unspecified atom stereocenters. The highest BCUT2D eigenvalue weighted by molar-refractivity contribution is 7.98. The average Bonchev–Trinajstić information content (AvgIpc) is 2.72. The second kappa shape index (κ2) is 11.8. The Bertz CT molecular complexity index is 948. The van der Waals surface area contributed by atoms with E-state index in [0.717, 1.165) is 11.3 Å². The summed E-state index contributed by atoms with van der Waals surface area (Å²) in [4.78, 5) is 4.59. The molecule has 2 N–H and O–H groups in total. The van der Waals surface area contributed by atoms with Crippen LogP contribution in [0.2, 0.25) is 0 Å². The maximum atomic E-state index is 11.8. The van der Waals surface area contributed by atoms with Crippen LogP contribution in [0, 0.1) is 0 Å². The summed E-state index contributed by atoms with van der Waals surface area (Å²) in [5, 5.41) is 5.31. The van der Waals surface area contributed by atoms with E-state index in [1.807, 2.05) is 43.5 Å². The predicted octanol–water partition coefficient (Wildman–Crippen LogP) is 3.17. The molecular formula is C21H28N2O5S2. The van der Waals surface area contributed by atoms with Gasteiger partial charge in [-0.3, -0.25) is 4.99 Å². The molecular weight excluding hydrogens is 424 g/mol. The number of hydrogen-bond acceptors (Lipinski definition) is 7. The van der Waals surface area contributed by atoms with Crippen molar-refractivity contribution in [2.45, 2.75) is 24.3 Å². The summed E-state index contributed by atoms with van der Waals surface area (Å²) in [5.41, 5.74) is 0.818. The van der Waals surface area contributed by atoms with Crippen LogP contribution in [0.25, 0.3) is 0 Å². The second-order valence-corrected chi connectivity index (χ2v) is 8.81. The van der Waals surface area contributed by atoms with E-state index in [1.165, 1.54) is 7.11 Å². The van der Waals surface area contributed by atoms with Gasteiger partial charge in [0.05, 0.1) is 19.8 Å². The first-order valence-corrected chi connectivity index (χ1v) is 12.4. The Morgan fingerprint density at radius 2 is 1.83 bits per heavy atom. The van der Waals surface area contributed by atoms with Gasteiger partial charge in [0.2, 0.25) is 10.0 Å². The van der Waals surface area contributed by atoms with Gasteiger partial charge in [0, 0.05) is 12.0 Å². The van der Waals surface area contributed by atoms with Crippen molar-refractivity contribution in [3.05, 3.63) is 48.0 Å². The molecule has 0 aliphatic carbocycles. The minimum Gasteiger partial charge on any atom is -0.495 e. The summed E-state index contributed by atoms with van der Waals surface area (Å²) in [6, 6.07) is 12.4. The zero-order chi connectivity index (χ0) is 22.0. The third-order valence-electron chi connectivity index (χ3n) is 4.14. The Balaban J connectivity index is 2.06. The number of primary sulfonamides is 1. The fraction of sp³-hybridized carbons (Fsp3) is 0.381. The van der Waals surface area contributed by atoms with Gasteiger partial charge in [-0.15, -0.1) is 0 Å². The quantitative estimate of drug-likeness (QED) is 0.497. The first-order chi connectivity index (χ1) is 14.4. The van der Waals surface area contributed by atoms with Gasteiger partial charge >= 0.3 is 0 Å². The first kappa shape index (κ1) is 24.0. The SMILES string of the molecule is CCOc1ccccc1OCC=N[C@H](CSC)Cc1ccc(OC)c(S(N)(=O)=O)c1. The molecule has 0 bridgehead atoms. The molecule has 1 atom stereocenters. The van der Waals surface area contributed by atoms with Gasteiger partial charge in [-0.2, -0.15) is 11.8 Å². The zero-order valence-electron chi connectivity index (χ0n) is 17.4. The van der Waals surface area contributed by atoms with Crippen molar-refractivity contribution in [2.24, 2.45) is 10.1 Å². The number of nitrogens with zero attached hydrogens (tertiary/aromatic N) is 1. The van der Waals surface area contributed by atoms with Crippen LogP contribution < -0.4 is 19.3 Å². The molecule has 0 aromatic heterocycles. The molecule has 2 rings (SSSR count). The standard InChI is InChI=1S/C21H28N2O5S2/c1-4-27-18-7-5-6-8-19(18)28-12-11-23-17(15-29-3)13-16-9-10-20(26-2)21(14-16)30(22,24)25/h5-11,14,17H,4,12-13,15H2,1-3H3,(H2,22,24,25)/t17-/m0/s1. The summed E-state index contributed by atoms with van der Waals surface area (Å²) in [7, 11) is -2.47. The Morgan fingerprint density at radius 1 is 1.13 bits per heavy atom. The summed E-state index contributed by atoms with van der Waals surface area (Å²) in [6.45, 7) is 2.79. The van der Waals surface area contributed by atoms with Gasteiger partial charge < -0.3 is 14.2 Å². The lowest BCUT2D eigenvalue weighted by Gasteiger charge is -2.14. The number of ether oxygens (including phenoxy) is 3. The smallest absolute Gasteiger partial charge is 0.241 e. The third kappa shape index (κ3) is 7.23.